The molecular weight excluding hydrogens is 656 g/mol. The molecule has 51 heavy (non-hydrogen) atoms. The molecule has 266 valence electrons. The number of carbonyl (C=O) groups is 1. The number of ketones is 1. The van der Waals surface area contributed by atoms with Crippen LogP contribution in [0.5, 0.6) is 5.75 Å². The highest BCUT2D eigenvalue weighted by atomic mass is 19.1. The highest BCUT2D eigenvalue weighted by Crippen LogP contribution is 2.28. The van der Waals surface area contributed by atoms with Gasteiger partial charge in [0.05, 0.1) is 19.3 Å². The Morgan fingerprint density at radius 3 is 2.47 bits per heavy atom. The second-order valence-electron chi connectivity index (χ2n) is 12.5. The minimum atomic E-state index is -1.84. The third-order valence-corrected chi connectivity index (χ3v) is 8.69. The smallest absolute Gasteiger partial charge is 0.185 e. The van der Waals surface area contributed by atoms with Gasteiger partial charge in [-0.2, -0.15) is 5.10 Å². The predicted molar refractivity (Wildman–Crippen MR) is 188 cm³/mol. The Hall–Kier alpha value is -5.31. The Kier molecular flexibility index (Phi) is 11.6. The zero-order valence-electron chi connectivity index (χ0n) is 28.4. The number of hydrogen-bond acceptors (Lipinski definition) is 10. The molecule has 1 fully saturated rings. The quantitative estimate of drug-likeness (QED) is 0.0856. The zero-order chi connectivity index (χ0) is 35.6. The molecule has 1 aliphatic heterocycles. The van der Waals surface area contributed by atoms with Crippen molar-refractivity contribution in [3.8, 4) is 5.75 Å². The highest BCUT2D eigenvalue weighted by Gasteiger charge is 2.35. The van der Waals surface area contributed by atoms with E-state index in [9.17, 15) is 18.7 Å². The number of nitrogens with zero attached hydrogens (tertiary/aromatic N) is 8. The lowest BCUT2D eigenvalue weighted by atomic mass is 9.93. The Balaban J connectivity index is 0.994. The van der Waals surface area contributed by atoms with Crippen molar-refractivity contribution >= 4 is 17.5 Å². The number of nitrogens with one attached hydrogen (secondary N) is 1. The van der Waals surface area contributed by atoms with Crippen LogP contribution < -0.4 is 15.1 Å². The predicted octanol–water partition coefficient (Wildman–Crippen LogP) is 4.64. The minimum absolute atomic E-state index is 0.0785. The molecule has 1 unspecified atom stereocenters. The van der Waals surface area contributed by atoms with Gasteiger partial charge in [-0.15, -0.1) is 5.10 Å². The third-order valence-electron chi connectivity index (χ3n) is 8.69. The van der Waals surface area contributed by atoms with Gasteiger partial charge in [0.2, 0.25) is 0 Å². The topological polar surface area (TPSA) is 126 Å². The number of rotatable bonds is 16. The number of halogens is 2. The summed E-state index contributed by atoms with van der Waals surface area (Å²) in [6.45, 7) is 6.72. The fraction of sp³-hybridized carbons (Fsp3) is 0.324. The molecule has 1 atom stereocenters. The summed E-state index contributed by atoms with van der Waals surface area (Å²) in [5.74, 6) is -1.15. The number of aromatic nitrogens is 6. The van der Waals surface area contributed by atoms with E-state index in [1.165, 1.54) is 40.9 Å². The Morgan fingerprint density at radius 1 is 1.00 bits per heavy atom. The molecular formula is C37H41F2N9O3. The zero-order valence-corrected chi connectivity index (χ0v) is 28.4. The van der Waals surface area contributed by atoms with Gasteiger partial charge in [0, 0.05) is 55.6 Å². The number of hydrogen-bond donors (Lipinski definition) is 2. The van der Waals surface area contributed by atoms with Crippen molar-refractivity contribution in [2.45, 2.75) is 45.1 Å². The maximum Gasteiger partial charge on any atom is 0.185 e. The second kappa shape index (κ2) is 16.6. The second-order valence-corrected chi connectivity index (χ2v) is 12.5. The van der Waals surface area contributed by atoms with E-state index in [1.807, 2.05) is 36.4 Å². The summed E-state index contributed by atoms with van der Waals surface area (Å²) < 4.78 is 37.0. The van der Waals surface area contributed by atoms with E-state index in [0.717, 1.165) is 56.1 Å². The molecule has 0 spiro atoms. The first-order chi connectivity index (χ1) is 24.8. The summed E-state index contributed by atoms with van der Waals surface area (Å²) in [6, 6.07) is 18.0. The molecule has 5 aromatic rings. The SMILES string of the molecule is CCCCNN1CCN(c2ccc(C(=O)/C=C/c3ccc(OCc4cn(CC(O)(Cn5cncn5)c5ccc(F)cc5F)nn4)cc3)cc2)CC1. The molecule has 2 N–H and O–H groups in total. The maximum absolute atomic E-state index is 14.8. The first kappa shape index (κ1) is 35.5. The van der Waals surface area contributed by atoms with Crippen molar-refractivity contribution in [1.82, 2.24) is 40.2 Å². The van der Waals surface area contributed by atoms with Crippen LogP contribution in [0.2, 0.25) is 0 Å². The van der Waals surface area contributed by atoms with Gasteiger partial charge in [-0.05, 0) is 60.5 Å². The van der Waals surface area contributed by atoms with E-state index in [-0.39, 0.29) is 31.0 Å². The summed E-state index contributed by atoms with van der Waals surface area (Å²) in [5.41, 5.74) is 4.59. The van der Waals surface area contributed by atoms with E-state index < -0.39 is 17.2 Å². The lowest BCUT2D eigenvalue weighted by molar-refractivity contribution is -0.00892. The molecule has 0 radical (unpaired) electrons. The van der Waals surface area contributed by atoms with Crippen molar-refractivity contribution < 1.29 is 23.4 Å². The van der Waals surface area contributed by atoms with E-state index in [2.05, 4.69) is 42.7 Å². The molecule has 3 heterocycles. The number of ether oxygens (including phenoxy) is 1. The van der Waals surface area contributed by atoms with Crippen LogP contribution in [0.15, 0.2) is 91.7 Å². The number of hydrazine groups is 1. The normalized spacial score (nSPS) is 14.9. The van der Waals surface area contributed by atoms with Gasteiger partial charge >= 0.3 is 0 Å². The van der Waals surface area contributed by atoms with Crippen LogP contribution in [0.25, 0.3) is 6.08 Å². The average Bonchev–Trinajstić information content (AvgIpc) is 3.82. The van der Waals surface area contributed by atoms with Crippen molar-refractivity contribution in [3.63, 3.8) is 0 Å². The largest absolute Gasteiger partial charge is 0.487 e. The van der Waals surface area contributed by atoms with Gasteiger partial charge in [-0.25, -0.2) is 28.1 Å². The van der Waals surface area contributed by atoms with E-state index in [4.69, 9.17) is 4.74 Å². The Morgan fingerprint density at radius 2 is 1.76 bits per heavy atom. The number of benzene rings is 3. The number of aliphatic hydroxyl groups is 1. The number of anilines is 1. The number of piperazine rings is 1. The van der Waals surface area contributed by atoms with Crippen LogP contribution in [-0.4, -0.2) is 78.4 Å². The molecule has 1 saturated heterocycles. The maximum atomic E-state index is 14.8. The van der Waals surface area contributed by atoms with E-state index in [0.29, 0.717) is 17.0 Å². The van der Waals surface area contributed by atoms with Crippen molar-refractivity contribution in [2.75, 3.05) is 37.6 Å². The van der Waals surface area contributed by atoms with E-state index >= 15 is 0 Å². The number of allylic oxidation sites excluding steroid dienone is 1. The molecule has 14 heteroatoms. The molecule has 0 aliphatic carbocycles. The van der Waals surface area contributed by atoms with Crippen LogP contribution >= 0.6 is 0 Å². The van der Waals surface area contributed by atoms with Gasteiger partial charge in [-0.3, -0.25) is 10.2 Å². The molecule has 0 bridgehead atoms. The summed E-state index contributed by atoms with van der Waals surface area (Å²) in [6.07, 6.45) is 9.95. The summed E-state index contributed by atoms with van der Waals surface area (Å²) in [4.78, 5) is 19.1. The van der Waals surface area contributed by atoms with Gasteiger partial charge in [0.25, 0.3) is 0 Å². The fourth-order valence-electron chi connectivity index (χ4n) is 5.89. The van der Waals surface area contributed by atoms with Crippen LogP contribution in [0, 0.1) is 11.6 Å². The Labute approximate surface area is 295 Å². The van der Waals surface area contributed by atoms with Crippen LogP contribution in [-0.2, 0) is 25.3 Å². The van der Waals surface area contributed by atoms with Gasteiger partial charge in [-0.1, -0.05) is 42.8 Å². The summed E-state index contributed by atoms with van der Waals surface area (Å²) in [7, 11) is 0. The molecule has 12 nitrogen and oxygen atoms in total. The average molecular weight is 698 g/mol. The molecule has 2 aromatic heterocycles. The van der Waals surface area contributed by atoms with Crippen LogP contribution in [0.3, 0.4) is 0 Å². The molecule has 0 amide bonds. The fourth-order valence-corrected chi connectivity index (χ4v) is 5.89. The Bertz CT molecular complexity index is 1890. The van der Waals surface area contributed by atoms with Gasteiger partial charge < -0.3 is 14.7 Å². The van der Waals surface area contributed by atoms with Crippen LogP contribution in [0.1, 0.15) is 46.9 Å². The lowest BCUT2D eigenvalue weighted by Crippen LogP contribution is -2.52. The molecule has 3 aromatic carbocycles. The first-order valence-electron chi connectivity index (χ1n) is 17.0. The minimum Gasteiger partial charge on any atom is -0.487 e. The summed E-state index contributed by atoms with van der Waals surface area (Å²) in [5, 5.41) is 26.0. The van der Waals surface area contributed by atoms with Crippen LogP contribution in [0.4, 0.5) is 14.5 Å². The van der Waals surface area contributed by atoms with Crippen molar-refractivity contribution in [3.05, 3.63) is 126 Å². The molecule has 0 saturated carbocycles. The van der Waals surface area contributed by atoms with Crippen molar-refractivity contribution in [1.29, 1.82) is 0 Å². The standard InChI is InChI=1S/C37H41F2N9O3/c1-2-3-16-41-46-19-17-45(18-20-46)32-10-7-29(8-11-32)36(49)15-6-28-4-12-33(13-5-28)51-23-31-22-47(44-43-31)24-37(50,25-48-27-40-26-42-48)34-14-9-30(38)21-35(34)39/h4-15,21-22,26-27,41,50H,2-3,16-20,23-25H2,1H3/b15-6+. The highest BCUT2D eigenvalue weighted by molar-refractivity contribution is 6.07. The number of carbonyl (C=O) groups excluding carboxylic acids is 1. The van der Waals surface area contributed by atoms with E-state index in [1.54, 1.807) is 30.5 Å². The number of unbranched alkanes of at least 4 members (excludes halogenated alkanes) is 1. The molecule has 1 aliphatic rings. The monoisotopic (exact) mass is 697 g/mol. The van der Waals surface area contributed by atoms with Gasteiger partial charge in [0.15, 0.2) is 5.78 Å². The lowest BCUT2D eigenvalue weighted by Gasteiger charge is -2.36. The van der Waals surface area contributed by atoms with Crippen molar-refractivity contribution in [2.24, 2.45) is 0 Å². The molecule has 6 rings (SSSR count). The third kappa shape index (κ3) is 9.48. The first-order valence-corrected chi connectivity index (χ1v) is 17.0. The van der Waals surface area contributed by atoms with Gasteiger partial charge in [0.1, 0.15) is 47.9 Å². The summed E-state index contributed by atoms with van der Waals surface area (Å²) >= 11 is 0.